The maximum absolute atomic E-state index is 13.3. The van der Waals surface area contributed by atoms with Crippen molar-refractivity contribution in [1.82, 2.24) is 5.43 Å². The number of nitrogens with zero attached hydrogens (tertiary/aromatic N) is 2. The molecule has 3 aromatic rings. The van der Waals surface area contributed by atoms with Crippen LogP contribution >= 0.6 is 0 Å². The van der Waals surface area contributed by atoms with Gasteiger partial charge in [0.25, 0.3) is 11.6 Å². The van der Waals surface area contributed by atoms with Crippen LogP contribution < -0.4 is 10.7 Å². The summed E-state index contributed by atoms with van der Waals surface area (Å²) in [6, 6.07) is 10.2. The van der Waals surface area contributed by atoms with Gasteiger partial charge >= 0.3 is 6.18 Å². The summed E-state index contributed by atoms with van der Waals surface area (Å²) in [5, 5.41) is 17.3. The van der Waals surface area contributed by atoms with Crippen molar-refractivity contribution < 1.29 is 31.7 Å². The smallest absolute Gasteiger partial charge is 0.416 e. The van der Waals surface area contributed by atoms with Crippen molar-refractivity contribution in [1.29, 1.82) is 0 Å². The number of nitro benzene ring substituents is 1. The third-order valence-corrected chi connectivity index (χ3v) is 4.07. The van der Waals surface area contributed by atoms with Gasteiger partial charge < -0.3 is 9.73 Å². The highest BCUT2D eigenvalue weighted by atomic mass is 19.4. The molecule has 12 heteroatoms. The van der Waals surface area contributed by atoms with Gasteiger partial charge in [-0.25, -0.2) is 9.82 Å². The molecule has 0 aliphatic rings. The Morgan fingerprint density at radius 3 is 2.66 bits per heavy atom. The third-order valence-electron chi connectivity index (χ3n) is 4.07. The minimum atomic E-state index is -4.50. The molecular formula is C20H14F4N4O4. The molecule has 0 aliphatic heterocycles. The summed E-state index contributed by atoms with van der Waals surface area (Å²) in [7, 11) is 0. The Morgan fingerprint density at radius 2 is 1.94 bits per heavy atom. The van der Waals surface area contributed by atoms with Gasteiger partial charge in [0.15, 0.2) is 0 Å². The van der Waals surface area contributed by atoms with Crippen molar-refractivity contribution in [2.45, 2.75) is 6.18 Å². The van der Waals surface area contributed by atoms with E-state index in [4.69, 9.17) is 4.42 Å². The van der Waals surface area contributed by atoms with Crippen LogP contribution in [0.25, 0.3) is 11.3 Å². The number of rotatable bonds is 7. The molecule has 0 radical (unpaired) electrons. The van der Waals surface area contributed by atoms with E-state index in [0.717, 1.165) is 30.5 Å². The number of nitrogens with one attached hydrogen (secondary N) is 2. The number of alkyl halides is 3. The first-order valence-electron chi connectivity index (χ1n) is 8.90. The van der Waals surface area contributed by atoms with Gasteiger partial charge in [-0.2, -0.15) is 18.3 Å². The zero-order valence-electron chi connectivity index (χ0n) is 16.0. The van der Waals surface area contributed by atoms with Gasteiger partial charge in [0, 0.05) is 5.69 Å². The third kappa shape index (κ3) is 5.68. The molecule has 32 heavy (non-hydrogen) atoms. The minimum Gasteiger partial charge on any atom is -0.455 e. The number of benzene rings is 2. The van der Waals surface area contributed by atoms with Gasteiger partial charge in [0.2, 0.25) is 0 Å². The van der Waals surface area contributed by atoms with Crippen LogP contribution in [0.2, 0.25) is 0 Å². The molecule has 0 spiro atoms. The first-order chi connectivity index (χ1) is 15.1. The molecule has 0 unspecified atom stereocenters. The van der Waals surface area contributed by atoms with Gasteiger partial charge in [-0.15, -0.1) is 0 Å². The number of anilines is 1. The van der Waals surface area contributed by atoms with Crippen LogP contribution in [-0.2, 0) is 11.0 Å². The van der Waals surface area contributed by atoms with Crippen molar-refractivity contribution in [2.75, 3.05) is 11.9 Å². The van der Waals surface area contributed by atoms with E-state index in [1.807, 2.05) is 0 Å². The highest BCUT2D eigenvalue weighted by molar-refractivity contribution is 5.83. The first kappa shape index (κ1) is 22.5. The number of amides is 1. The van der Waals surface area contributed by atoms with Gasteiger partial charge in [0.05, 0.1) is 34.9 Å². The number of carbonyl (C=O) groups excluding carboxylic acids is 1. The molecule has 1 aromatic heterocycles. The van der Waals surface area contributed by atoms with E-state index in [0.29, 0.717) is 0 Å². The van der Waals surface area contributed by atoms with Gasteiger partial charge in [-0.05, 0) is 42.5 Å². The molecule has 1 amide bonds. The van der Waals surface area contributed by atoms with E-state index >= 15 is 0 Å². The second kappa shape index (κ2) is 9.29. The van der Waals surface area contributed by atoms with Crippen LogP contribution in [0.15, 0.2) is 64.1 Å². The molecule has 1 heterocycles. The average molecular weight is 450 g/mol. The number of halogens is 4. The molecule has 8 nitrogen and oxygen atoms in total. The van der Waals surface area contributed by atoms with Gasteiger partial charge in [-0.3, -0.25) is 14.9 Å². The largest absolute Gasteiger partial charge is 0.455 e. The summed E-state index contributed by atoms with van der Waals surface area (Å²) in [6.45, 7) is -0.343. The van der Waals surface area contributed by atoms with E-state index < -0.39 is 34.1 Å². The lowest BCUT2D eigenvalue weighted by molar-refractivity contribution is -0.384. The van der Waals surface area contributed by atoms with E-state index in [2.05, 4.69) is 15.8 Å². The van der Waals surface area contributed by atoms with Crippen molar-refractivity contribution in [3.8, 4) is 11.3 Å². The number of hydrogen-bond acceptors (Lipinski definition) is 6. The Hall–Kier alpha value is -4.22. The van der Waals surface area contributed by atoms with E-state index in [9.17, 15) is 32.5 Å². The molecule has 166 valence electrons. The summed E-state index contributed by atoms with van der Waals surface area (Å²) < 4.78 is 56.8. The first-order valence-corrected chi connectivity index (χ1v) is 8.90. The van der Waals surface area contributed by atoms with E-state index in [1.54, 1.807) is 0 Å². The normalized spacial score (nSPS) is 11.5. The van der Waals surface area contributed by atoms with Crippen LogP contribution in [0.5, 0.6) is 0 Å². The predicted molar refractivity (Wildman–Crippen MR) is 106 cm³/mol. The molecule has 0 atom stereocenters. The SMILES string of the molecule is O=C(CNc1cccc(C(F)(F)F)c1)N/N=C\c1ccc(-c2ccc(F)cc2[N+](=O)[O-])o1. The van der Waals surface area contributed by atoms with Crippen LogP contribution in [0, 0.1) is 15.9 Å². The molecule has 0 aliphatic carbocycles. The fourth-order valence-corrected chi connectivity index (χ4v) is 2.63. The van der Waals surface area contributed by atoms with Crippen LogP contribution in [0.4, 0.5) is 28.9 Å². The zero-order valence-corrected chi connectivity index (χ0v) is 16.0. The molecule has 2 aromatic carbocycles. The minimum absolute atomic E-state index is 0.0605. The quantitative estimate of drug-likeness (QED) is 0.237. The van der Waals surface area contributed by atoms with Crippen molar-refractivity contribution in [2.24, 2.45) is 5.10 Å². The summed E-state index contributed by atoms with van der Waals surface area (Å²) in [6.07, 6.45) is -3.37. The fraction of sp³-hybridized carbons (Fsp3) is 0.100. The number of hydrazone groups is 1. The summed E-state index contributed by atoms with van der Waals surface area (Å²) in [5.41, 5.74) is 1.00. The Labute approximate surface area is 177 Å². The molecule has 0 saturated heterocycles. The Balaban J connectivity index is 1.58. The zero-order chi connectivity index (χ0) is 23.3. The molecule has 2 N–H and O–H groups in total. The van der Waals surface area contributed by atoms with E-state index in [-0.39, 0.29) is 29.3 Å². The van der Waals surface area contributed by atoms with Gasteiger partial charge in [-0.1, -0.05) is 6.07 Å². The lowest BCUT2D eigenvalue weighted by atomic mass is 10.1. The van der Waals surface area contributed by atoms with Crippen molar-refractivity contribution in [3.05, 3.63) is 81.9 Å². The second-order valence-corrected chi connectivity index (χ2v) is 6.35. The second-order valence-electron chi connectivity index (χ2n) is 6.35. The predicted octanol–water partition coefficient (Wildman–Crippen LogP) is 4.57. The summed E-state index contributed by atoms with van der Waals surface area (Å²) >= 11 is 0. The number of hydrogen-bond donors (Lipinski definition) is 2. The standard InChI is InChI=1S/C20H14F4N4O4/c21-13-4-6-16(17(9-13)28(30)31)18-7-5-15(32-18)10-26-27-19(29)11-25-14-3-1-2-12(8-14)20(22,23)24/h1-10,25H,11H2,(H,27,29)/b26-10-. The number of furan rings is 1. The molecular weight excluding hydrogens is 436 g/mol. The highest BCUT2D eigenvalue weighted by Gasteiger charge is 2.30. The maximum atomic E-state index is 13.3. The van der Waals surface area contributed by atoms with E-state index in [1.165, 1.54) is 30.3 Å². The monoisotopic (exact) mass is 450 g/mol. The van der Waals surface area contributed by atoms with Crippen molar-refractivity contribution in [3.63, 3.8) is 0 Å². The maximum Gasteiger partial charge on any atom is 0.416 e. The van der Waals surface area contributed by atoms with Crippen LogP contribution in [0.3, 0.4) is 0 Å². The van der Waals surface area contributed by atoms with Crippen molar-refractivity contribution >= 4 is 23.5 Å². The lowest BCUT2D eigenvalue weighted by Crippen LogP contribution is -2.26. The fourth-order valence-electron chi connectivity index (χ4n) is 2.63. The summed E-state index contributed by atoms with van der Waals surface area (Å²) in [4.78, 5) is 22.2. The number of carbonyl (C=O) groups is 1. The average Bonchev–Trinajstić information content (AvgIpc) is 3.20. The van der Waals surface area contributed by atoms with Crippen LogP contribution in [0.1, 0.15) is 11.3 Å². The Bertz CT molecular complexity index is 1170. The molecule has 0 saturated carbocycles. The Kier molecular flexibility index (Phi) is 6.52. The molecule has 0 bridgehead atoms. The molecule has 0 fully saturated rings. The topological polar surface area (TPSA) is 110 Å². The van der Waals surface area contributed by atoms with Gasteiger partial charge in [0.1, 0.15) is 17.3 Å². The highest BCUT2D eigenvalue weighted by Crippen LogP contribution is 2.32. The Morgan fingerprint density at radius 1 is 1.16 bits per heavy atom. The van der Waals surface area contributed by atoms with Crippen LogP contribution in [-0.4, -0.2) is 23.6 Å². The lowest BCUT2D eigenvalue weighted by Gasteiger charge is -2.09. The molecule has 3 rings (SSSR count). The summed E-state index contributed by atoms with van der Waals surface area (Å²) in [5.74, 6) is -1.17. The number of nitro groups is 1.